The molecule has 1 aliphatic heterocycles. The summed E-state index contributed by atoms with van der Waals surface area (Å²) in [5.41, 5.74) is 6.27. The summed E-state index contributed by atoms with van der Waals surface area (Å²) in [5, 5.41) is 6.19. The van der Waals surface area contributed by atoms with Gasteiger partial charge in [-0.05, 0) is 55.3 Å². The van der Waals surface area contributed by atoms with Gasteiger partial charge in [-0.15, -0.1) is 0 Å². The first kappa shape index (κ1) is 22.3. The maximum Gasteiger partial charge on any atom is 0.283 e. The van der Waals surface area contributed by atoms with E-state index in [9.17, 15) is 9.59 Å². The van der Waals surface area contributed by atoms with Gasteiger partial charge in [0.25, 0.3) is 11.8 Å². The van der Waals surface area contributed by atoms with E-state index in [-0.39, 0.29) is 6.54 Å². The van der Waals surface area contributed by atoms with E-state index in [0.29, 0.717) is 22.4 Å². The number of fused-ring (bicyclic) bond motifs is 4. The number of para-hydroxylation sites is 2. The van der Waals surface area contributed by atoms with Crippen molar-refractivity contribution in [3.63, 3.8) is 0 Å². The SMILES string of the molecule is CC1=NN(C(=O)Cn2c3ccc(Br)cc3c3nc4ccccc4nc32)C(=O)/C1=C(/C)c1ccccc1. The molecular weight excluding hydrogens is 518 g/mol. The third-order valence-electron chi connectivity index (χ3n) is 6.44. The van der Waals surface area contributed by atoms with Crippen molar-refractivity contribution in [1.29, 1.82) is 0 Å². The van der Waals surface area contributed by atoms with Crippen LogP contribution >= 0.6 is 15.9 Å². The molecule has 0 N–H and O–H groups in total. The van der Waals surface area contributed by atoms with Crippen LogP contribution in [0.1, 0.15) is 19.4 Å². The summed E-state index contributed by atoms with van der Waals surface area (Å²) in [4.78, 5) is 36.5. The Morgan fingerprint density at radius 3 is 2.39 bits per heavy atom. The van der Waals surface area contributed by atoms with Gasteiger partial charge in [0, 0.05) is 9.86 Å². The van der Waals surface area contributed by atoms with E-state index >= 15 is 0 Å². The molecule has 8 heteroatoms. The van der Waals surface area contributed by atoms with E-state index < -0.39 is 11.8 Å². The molecule has 36 heavy (non-hydrogen) atoms. The Morgan fingerprint density at radius 2 is 1.64 bits per heavy atom. The Kier molecular flexibility index (Phi) is 5.26. The molecular formula is C28H20BrN5O2. The van der Waals surface area contributed by atoms with Gasteiger partial charge in [-0.3, -0.25) is 9.59 Å². The molecule has 0 spiro atoms. The van der Waals surface area contributed by atoms with Crippen LogP contribution in [0.15, 0.2) is 87.9 Å². The molecule has 0 saturated heterocycles. The summed E-state index contributed by atoms with van der Waals surface area (Å²) in [5.74, 6) is -0.856. The molecule has 3 heterocycles. The highest BCUT2D eigenvalue weighted by atomic mass is 79.9. The first-order valence-corrected chi connectivity index (χ1v) is 12.2. The minimum atomic E-state index is -0.438. The number of halogens is 1. The van der Waals surface area contributed by atoms with Crippen LogP contribution in [-0.4, -0.2) is 37.1 Å². The monoisotopic (exact) mass is 537 g/mol. The van der Waals surface area contributed by atoms with Crippen molar-refractivity contribution in [2.75, 3.05) is 0 Å². The van der Waals surface area contributed by atoms with Crippen LogP contribution in [0.5, 0.6) is 0 Å². The Hall–Kier alpha value is -4.17. The van der Waals surface area contributed by atoms with Crippen LogP contribution in [0.3, 0.4) is 0 Å². The molecule has 0 fully saturated rings. The lowest BCUT2D eigenvalue weighted by Gasteiger charge is -2.13. The zero-order valence-electron chi connectivity index (χ0n) is 19.6. The zero-order chi connectivity index (χ0) is 25.0. The number of carbonyl (C=O) groups is 2. The Balaban J connectivity index is 1.43. The smallest absolute Gasteiger partial charge is 0.283 e. The van der Waals surface area contributed by atoms with Crippen LogP contribution in [-0.2, 0) is 16.1 Å². The summed E-state index contributed by atoms with van der Waals surface area (Å²) >= 11 is 3.54. The van der Waals surface area contributed by atoms with Gasteiger partial charge < -0.3 is 4.57 Å². The summed E-state index contributed by atoms with van der Waals surface area (Å²) in [7, 11) is 0. The second-order valence-corrected chi connectivity index (χ2v) is 9.61. The van der Waals surface area contributed by atoms with Gasteiger partial charge in [0.15, 0.2) is 5.65 Å². The molecule has 176 valence electrons. The highest BCUT2D eigenvalue weighted by molar-refractivity contribution is 9.10. The van der Waals surface area contributed by atoms with Crippen LogP contribution in [0.4, 0.5) is 0 Å². The van der Waals surface area contributed by atoms with Crippen molar-refractivity contribution in [3.8, 4) is 0 Å². The number of aromatic nitrogens is 3. The van der Waals surface area contributed by atoms with Crippen molar-refractivity contribution >= 4 is 72.1 Å². The maximum absolute atomic E-state index is 13.5. The second kappa shape index (κ2) is 8.49. The number of hydrogen-bond donors (Lipinski definition) is 0. The number of rotatable bonds is 3. The summed E-state index contributed by atoms with van der Waals surface area (Å²) in [6, 6.07) is 23.1. The first-order valence-electron chi connectivity index (χ1n) is 11.5. The average molecular weight is 538 g/mol. The van der Waals surface area contributed by atoms with E-state index in [0.717, 1.165) is 42.6 Å². The fraction of sp³-hybridized carbons (Fsp3) is 0.107. The summed E-state index contributed by atoms with van der Waals surface area (Å²) < 4.78 is 2.71. The summed E-state index contributed by atoms with van der Waals surface area (Å²) in [6.07, 6.45) is 0. The van der Waals surface area contributed by atoms with Crippen molar-refractivity contribution in [3.05, 3.63) is 88.4 Å². The van der Waals surface area contributed by atoms with Crippen LogP contribution in [0.25, 0.3) is 38.7 Å². The number of imide groups is 1. The van der Waals surface area contributed by atoms with Gasteiger partial charge in [-0.25, -0.2) is 9.97 Å². The molecule has 0 bridgehead atoms. The zero-order valence-corrected chi connectivity index (χ0v) is 21.2. The third-order valence-corrected chi connectivity index (χ3v) is 6.94. The van der Waals surface area contributed by atoms with Gasteiger partial charge in [0.05, 0.1) is 27.8 Å². The van der Waals surface area contributed by atoms with Gasteiger partial charge in [-0.1, -0.05) is 58.4 Å². The van der Waals surface area contributed by atoms with Crippen LogP contribution in [0, 0.1) is 0 Å². The number of hydrazone groups is 1. The Labute approximate surface area is 214 Å². The van der Waals surface area contributed by atoms with Gasteiger partial charge in [0.1, 0.15) is 12.1 Å². The van der Waals surface area contributed by atoms with Crippen molar-refractivity contribution in [1.82, 2.24) is 19.5 Å². The lowest BCUT2D eigenvalue weighted by atomic mass is 9.99. The molecule has 0 unspecified atom stereocenters. The van der Waals surface area contributed by atoms with E-state index in [4.69, 9.17) is 9.97 Å². The van der Waals surface area contributed by atoms with Crippen molar-refractivity contribution in [2.45, 2.75) is 20.4 Å². The second-order valence-electron chi connectivity index (χ2n) is 8.69. The molecule has 2 amide bonds. The number of allylic oxidation sites excluding steroid dienone is 1. The van der Waals surface area contributed by atoms with Crippen LogP contribution in [0.2, 0.25) is 0 Å². The third kappa shape index (κ3) is 3.53. The Morgan fingerprint density at radius 1 is 0.944 bits per heavy atom. The minimum Gasteiger partial charge on any atom is -0.314 e. The van der Waals surface area contributed by atoms with E-state index in [2.05, 4.69) is 21.0 Å². The fourth-order valence-corrected chi connectivity index (χ4v) is 5.07. The topological polar surface area (TPSA) is 80.5 Å². The maximum atomic E-state index is 13.5. The molecule has 3 aromatic carbocycles. The standard InChI is InChI=1S/C28H20BrN5O2/c1-16(18-8-4-3-5-9-18)25-17(2)32-34(28(25)36)24(35)15-33-23-13-12-19(29)14-20(23)26-27(33)31-22-11-7-6-10-21(22)30-26/h3-14H,15H2,1-2H3/b25-16-. The first-order chi connectivity index (χ1) is 17.4. The number of amides is 2. The normalized spacial score (nSPS) is 15.2. The molecule has 0 aliphatic carbocycles. The molecule has 6 rings (SSSR count). The highest BCUT2D eigenvalue weighted by Crippen LogP contribution is 2.31. The fourth-order valence-electron chi connectivity index (χ4n) is 4.71. The van der Waals surface area contributed by atoms with Gasteiger partial charge >= 0.3 is 0 Å². The molecule has 5 aromatic rings. The summed E-state index contributed by atoms with van der Waals surface area (Å²) in [6.45, 7) is 3.53. The molecule has 2 aromatic heterocycles. The molecule has 0 saturated carbocycles. The lowest BCUT2D eigenvalue weighted by Crippen LogP contribution is -2.32. The lowest BCUT2D eigenvalue weighted by molar-refractivity contribution is -0.141. The molecule has 0 radical (unpaired) electrons. The molecule has 7 nitrogen and oxygen atoms in total. The quantitative estimate of drug-likeness (QED) is 0.275. The number of benzene rings is 3. The van der Waals surface area contributed by atoms with E-state index in [1.807, 2.05) is 84.3 Å². The van der Waals surface area contributed by atoms with E-state index in [1.165, 1.54) is 0 Å². The van der Waals surface area contributed by atoms with Crippen molar-refractivity contribution in [2.24, 2.45) is 5.10 Å². The predicted molar refractivity (Wildman–Crippen MR) is 144 cm³/mol. The number of hydrogen-bond acceptors (Lipinski definition) is 5. The average Bonchev–Trinajstić information content (AvgIpc) is 3.35. The number of carbonyl (C=O) groups excluding carboxylic acids is 2. The van der Waals surface area contributed by atoms with Crippen LogP contribution < -0.4 is 0 Å². The van der Waals surface area contributed by atoms with Gasteiger partial charge in [0.2, 0.25) is 0 Å². The largest absolute Gasteiger partial charge is 0.314 e. The highest BCUT2D eigenvalue weighted by Gasteiger charge is 2.34. The Bertz CT molecular complexity index is 1790. The molecule has 1 aliphatic rings. The minimum absolute atomic E-state index is 0.102. The van der Waals surface area contributed by atoms with Crippen molar-refractivity contribution < 1.29 is 9.59 Å². The predicted octanol–water partition coefficient (Wildman–Crippen LogP) is 5.72. The number of nitrogens with zero attached hydrogens (tertiary/aromatic N) is 5. The van der Waals surface area contributed by atoms with Gasteiger partial charge in [-0.2, -0.15) is 10.1 Å². The van der Waals surface area contributed by atoms with E-state index in [1.54, 1.807) is 6.92 Å². The molecule has 0 atom stereocenters.